The van der Waals surface area contributed by atoms with Gasteiger partial charge in [0.1, 0.15) is 0 Å². The largest absolute Gasteiger partial charge is 0.331 e. The van der Waals surface area contributed by atoms with Crippen molar-refractivity contribution in [3.8, 4) is 0 Å². The Morgan fingerprint density at radius 1 is 1.21 bits per heavy atom. The predicted molar refractivity (Wildman–Crippen MR) is 97.2 cm³/mol. The van der Waals surface area contributed by atoms with Crippen LogP contribution in [0.1, 0.15) is 31.1 Å². The van der Waals surface area contributed by atoms with Gasteiger partial charge in [-0.25, -0.2) is 4.79 Å². The maximum absolute atomic E-state index is 12.4. The van der Waals surface area contributed by atoms with E-state index in [1.54, 1.807) is 0 Å². The lowest BCUT2D eigenvalue weighted by Crippen LogP contribution is -2.31. The molecule has 5 heteroatoms. The van der Waals surface area contributed by atoms with Crippen molar-refractivity contribution in [3.05, 3.63) is 59.9 Å². The molecule has 24 heavy (non-hydrogen) atoms. The second-order valence-electron chi connectivity index (χ2n) is 5.87. The first kappa shape index (κ1) is 16.1. The molecule has 0 radical (unpaired) electrons. The van der Waals surface area contributed by atoms with Crippen LogP contribution in [0.25, 0.3) is 10.8 Å². The van der Waals surface area contributed by atoms with E-state index in [2.05, 4.69) is 15.7 Å². The van der Waals surface area contributed by atoms with Crippen LogP contribution in [-0.2, 0) is 6.54 Å². The minimum Gasteiger partial charge on any atom is -0.331 e. The Hall–Kier alpha value is -2.82. The van der Waals surface area contributed by atoms with Gasteiger partial charge in [0, 0.05) is 23.7 Å². The first-order valence-corrected chi connectivity index (χ1v) is 8.17. The zero-order chi connectivity index (χ0) is 17.1. The highest BCUT2D eigenvalue weighted by molar-refractivity contribution is 6.01. The van der Waals surface area contributed by atoms with Crippen molar-refractivity contribution in [2.75, 3.05) is 5.32 Å². The molecular formula is C19H22N4O. The zero-order valence-electron chi connectivity index (χ0n) is 14.2. The Bertz CT molecular complexity index is 863. The summed E-state index contributed by atoms with van der Waals surface area (Å²) < 4.78 is 1.88. The van der Waals surface area contributed by atoms with E-state index in [9.17, 15) is 4.79 Å². The lowest BCUT2D eigenvalue weighted by Gasteiger charge is -2.15. The summed E-state index contributed by atoms with van der Waals surface area (Å²) in [7, 11) is 0. The number of hydrogen-bond acceptors (Lipinski definition) is 2. The van der Waals surface area contributed by atoms with Gasteiger partial charge < -0.3 is 10.6 Å². The summed E-state index contributed by atoms with van der Waals surface area (Å²) in [5.74, 6) is 0. The molecule has 0 saturated carbocycles. The Morgan fingerprint density at radius 3 is 2.71 bits per heavy atom. The van der Waals surface area contributed by atoms with Gasteiger partial charge in [-0.3, -0.25) is 4.68 Å². The van der Waals surface area contributed by atoms with Crippen LogP contribution in [0.3, 0.4) is 0 Å². The number of carbonyl (C=O) groups excluding carboxylic acids is 1. The third-order valence-corrected chi connectivity index (χ3v) is 4.16. The molecule has 0 spiro atoms. The van der Waals surface area contributed by atoms with Gasteiger partial charge in [-0.1, -0.05) is 36.4 Å². The molecule has 124 valence electrons. The van der Waals surface area contributed by atoms with Crippen molar-refractivity contribution in [3.63, 3.8) is 0 Å². The maximum Gasteiger partial charge on any atom is 0.319 e. The monoisotopic (exact) mass is 322 g/mol. The second-order valence-corrected chi connectivity index (χ2v) is 5.87. The average Bonchev–Trinajstić information content (AvgIpc) is 2.96. The van der Waals surface area contributed by atoms with Gasteiger partial charge in [-0.2, -0.15) is 5.10 Å². The molecule has 2 aromatic carbocycles. The Morgan fingerprint density at radius 2 is 1.96 bits per heavy atom. The maximum atomic E-state index is 12.4. The number of rotatable bonds is 4. The second kappa shape index (κ2) is 6.74. The van der Waals surface area contributed by atoms with E-state index >= 15 is 0 Å². The van der Waals surface area contributed by atoms with E-state index < -0.39 is 0 Å². The SMILES string of the molecule is CCn1cc(C(C)NC(=O)Nc2cccc3ccccc23)c(C)n1. The van der Waals surface area contributed by atoms with E-state index in [4.69, 9.17) is 0 Å². The van der Waals surface area contributed by atoms with E-state index in [0.29, 0.717) is 0 Å². The van der Waals surface area contributed by atoms with E-state index in [0.717, 1.165) is 34.3 Å². The number of benzene rings is 2. The number of aryl methyl sites for hydroxylation is 2. The van der Waals surface area contributed by atoms with Gasteiger partial charge in [0.15, 0.2) is 0 Å². The lowest BCUT2D eigenvalue weighted by atomic mass is 10.1. The molecule has 1 atom stereocenters. The van der Waals surface area contributed by atoms with Gasteiger partial charge >= 0.3 is 6.03 Å². The quantitative estimate of drug-likeness (QED) is 0.754. The van der Waals surface area contributed by atoms with Gasteiger partial charge in [-0.15, -0.1) is 0 Å². The molecule has 3 aromatic rings. The van der Waals surface area contributed by atoms with Crippen molar-refractivity contribution in [2.45, 2.75) is 33.4 Å². The third kappa shape index (κ3) is 3.25. The molecule has 0 bridgehead atoms. The van der Waals surface area contributed by atoms with Crippen molar-refractivity contribution >= 4 is 22.5 Å². The highest BCUT2D eigenvalue weighted by atomic mass is 16.2. The number of nitrogens with one attached hydrogen (secondary N) is 2. The first-order valence-electron chi connectivity index (χ1n) is 8.17. The van der Waals surface area contributed by atoms with Crippen LogP contribution in [0.15, 0.2) is 48.7 Å². The first-order chi connectivity index (χ1) is 11.6. The van der Waals surface area contributed by atoms with Crippen LogP contribution < -0.4 is 10.6 Å². The summed E-state index contributed by atoms with van der Waals surface area (Å²) in [6.45, 7) is 6.78. The molecule has 0 fully saturated rings. The minimum atomic E-state index is -0.220. The standard InChI is InChI=1S/C19H22N4O/c1-4-23-12-17(14(3)22-23)13(2)20-19(24)21-18-11-7-9-15-8-5-6-10-16(15)18/h5-13H,4H2,1-3H3,(H2,20,21,24). The molecule has 2 amide bonds. The molecular weight excluding hydrogens is 300 g/mol. The summed E-state index contributed by atoms with van der Waals surface area (Å²) in [6, 6.07) is 13.5. The molecule has 5 nitrogen and oxygen atoms in total. The number of hydrogen-bond donors (Lipinski definition) is 2. The number of amides is 2. The van der Waals surface area contributed by atoms with Crippen LogP contribution >= 0.6 is 0 Å². The Labute approximate surface area is 141 Å². The molecule has 2 N–H and O–H groups in total. The van der Waals surface area contributed by atoms with Crippen molar-refractivity contribution in [2.24, 2.45) is 0 Å². The van der Waals surface area contributed by atoms with E-state index in [1.165, 1.54) is 0 Å². The van der Waals surface area contributed by atoms with Crippen LogP contribution in [0, 0.1) is 6.92 Å². The van der Waals surface area contributed by atoms with Crippen LogP contribution in [0.4, 0.5) is 10.5 Å². The lowest BCUT2D eigenvalue weighted by molar-refractivity contribution is 0.249. The summed E-state index contributed by atoms with van der Waals surface area (Å²) in [5, 5.41) is 12.5. The van der Waals surface area contributed by atoms with Crippen LogP contribution in [0.2, 0.25) is 0 Å². The minimum absolute atomic E-state index is 0.111. The number of fused-ring (bicyclic) bond motifs is 1. The molecule has 0 aliphatic carbocycles. The van der Waals surface area contributed by atoms with Gasteiger partial charge in [0.2, 0.25) is 0 Å². The zero-order valence-corrected chi connectivity index (χ0v) is 14.2. The summed E-state index contributed by atoms with van der Waals surface area (Å²) >= 11 is 0. The fraction of sp³-hybridized carbons (Fsp3) is 0.263. The number of nitrogens with zero attached hydrogens (tertiary/aromatic N) is 2. The average molecular weight is 322 g/mol. The number of urea groups is 1. The summed E-state index contributed by atoms with van der Waals surface area (Å²) in [6.07, 6.45) is 1.98. The van der Waals surface area contributed by atoms with Crippen molar-refractivity contribution in [1.29, 1.82) is 0 Å². The molecule has 0 aliphatic rings. The molecule has 0 saturated heterocycles. The molecule has 3 rings (SSSR count). The third-order valence-electron chi connectivity index (χ3n) is 4.16. The normalized spacial score (nSPS) is 12.1. The number of aromatic nitrogens is 2. The van der Waals surface area contributed by atoms with Crippen molar-refractivity contribution in [1.82, 2.24) is 15.1 Å². The highest BCUT2D eigenvalue weighted by Gasteiger charge is 2.15. The fourth-order valence-electron chi connectivity index (χ4n) is 2.89. The number of carbonyl (C=O) groups is 1. The molecule has 1 heterocycles. The molecule has 1 unspecified atom stereocenters. The topological polar surface area (TPSA) is 59.0 Å². The number of anilines is 1. The smallest absolute Gasteiger partial charge is 0.319 e. The van der Waals surface area contributed by atoms with Gasteiger partial charge in [0.05, 0.1) is 17.4 Å². The van der Waals surface area contributed by atoms with E-state index in [-0.39, 0.29) is 12.1 Å². The Kier molecular flexibility index (Phi) is 4.51. The van der Waals surface area contributed by atoms with Crippen LogP contribution in [0.5, 0.6) is 0 Å². The van der Waals surface area contributed by atoms with E-state index in [1.807, 2.05) is 74.1 Å². The van der Waals surface area contributed by atoms with Crippen LogP contribution in [-0.4, -0.2) is 15.8 Å². The molecule has 0 aliphatic heterocycles. The summed E-state index contributed by atoms with van der Waals surface area (Å²) in [4.78, 5) is 12.4. The molecule has 1 aromatic heterocycles. The predicted octanol–water partition coefficient (Wildman–Crippen LogP) is 4.25. The van der Waals surface area contributed by atoms with Gasteiger partial charge in [-0.05, 0) is 32.2 Å². The summed E-state index contributed by atoms with van der Waals surface area (Å²) in [5.41, 5.74) is 2.78. The highest BCUT2D eigenvalue weighted by Crippen LogP contribution is 2.23. The Balaban J connectivity index is 1.74. The van der Waals surface area contributed by atoms with Gasteiger partial charge in [0.25, 0.3) is 0 Å². The fourth-order valence-corrected chi connectivity index (χ4v) is 2.89. The van der Waals surface area contributed by atoms with Crippen molar-refractivity contribution < 1.29 is 4.79 Å².